The van der Waals surface area contributed by atoms with Gasteiger partial charge in [-0.3, -0.25) is 4.79 Å². The molecule has 0 saturated heterocycles. The summed E-state index contributed by atoms with van der Waals surface area (Å²) in [5.74, 6) is -0.739. The number of rotatable bonds is 5. The molecule has 1 amide bonds. The van der Waals surface area contributed by atoms with Gasteiger partial charge in [0.2, 0.25) is 10.0 Å². The molecule has 10 heteroatoms. The predicted molar refractivity (Wildman–Crippen MR) is 102 cm³/mol. The van der Waals surface area contributed by atoms with Crippen LogP contribution in [0.3, 0.4) is 0 Å². The zero-order valence-electron chi connectivity index (χ0n) is 16.2. The number of ether oxygens (including phenoxy) is 1. The number of nitrogens with one attached hydrogen (secondary N) is 2. The Hall–Kier alpha value is -2.59. The highest BCUT2D eigenvalue weighted by molar-refractivity contribution is 7.89. The van der Waals surface area contributed by atoms with Crippen molar-refractivity contribution in [2.75, 3.05) is 12.4 Å². The third kappa shape index (κ3) is 5.94. The third-order valence-electron chi connectivity index (χ3n) is 3.60. The summed E-state index contributed by atoms with van der Waals surface area (Å²) in [5.41, 5.74) is -1.82. The summed E-state index contributed by atoms with van der Waals surface area (Å²) in [6.07, 6.45) is -4.55. The van der Waals surface area contributed by atoms with Crippen molar-refractivity contribution in [3.8, 4) is 5.75 Å². The molecule has 2 aromatic rings. The number of sulfonamides is 1. The molecule has 0 aromatic heterocycles. The van der Waals surface area contributed by atoms with Crippen molar-refractivity contribution < 1.29 is 31.1 Å². The van der Waals surface area contributed by atoms with Crippen molar-refractivity contribution in [3.05, 3.63) is 53.6 Å². The molecule has 0 aliphatic carbocycles. The van der Waals surface area contributed by atoms with Crippen LogP contribution in [0.25, 0.3) is 0 Å². The molecule has 158 valence electrons. The van der Waals surface area contributed by atoms with Crippen LogP contribution in [0.2, 0.25) is 0 Å². The molecule has 0 radical (unpaired) electrons. The maximum Gasteiger partial charge on any atom is 0.416 e. The van der Waals surface area contributed by atoms with E-state index in [9.17, 15) is 26.4 Å². The Labute approximate surface area is 167 Å². The molecule has 2 N–H and O–H groups in total. The fourth-order valence-electron chi connectivity index (χ4n) is 2.46. The summed E-state index contributed by atoms with van der Waals surface area (Å²) < 4.78 is 71.4. The molecule has 0 heterocycles. The number of anilines is 1. The van der Waals surface area contributed by atoms with Crippen LogP contribution in [0.4, 0.5) is 18.9 Å². The Morgan fingerprint density at radius 1 is 1.03 bits per heavy atom. The summed E-state index contributed by atoms with van der Waals surface area (Å²) in [7, 11) is -2.73. The highest BCUT2D eigenvalue weighted by atomic mass is 32.2. The Bertz CT molecular complexity index is 1010. The Kier molecular flexibility index (Phi) is 6.29. The van der Waals surface area contributed by atoms with Gasteiger partial charge in [-0.25, -0.2) is 13.1 Å². The molecule has 0 spiro atoms. The van der Waals surface area contributed by atoms with Crippen LogP contribution in [0, 0.1) is 0 Å². The first-order chi connectivity index (χ1) is 13.2. The second kappa shape index (κ2) is 8.03. The van der Waals surface area contributed by atoms with E-state index in [0.29, 0.717) is 0 Å². The lowest BCUT2D eigenvalue weighted by Crippen LogP contribution is -2.40. The van der Waals surface area contributed by atoms with Crippen LogP contribution in [0.5, 0.6) is 5.75 Å². The van der Waals surface area contributed by atoms with Crippen molar-refractivity contribution in [1.29, 1.82) is 0 Å². The number of halogens is 3. The standard InChI is InChI=1S/C19H21F3N2O4S/c1-18(2,3)24-29(26,27)16-10-12(8-9-15(16)28-4)17(25)23-14-7-5-6-13(11-14)19(20,21)22/h5-11,24H,1-4H3,(H,23,25). The van der Waals surface area contributed by atoms with Gasteiger partial charge in [-0.05, 0) is 57.2 Å². The molecule has 6 nitrogen and oxygen atoms in total. The van der Waals surface area contributed by atoms with E-state index in [1.165, 1.54) is 25.3 Å². The van der Waals surface area contributed by atoms with Crippen molar-refractivity contribution in [2.24, 2.45) is 0 Å². The van der Waals surface area contributed by atoms with Crippen LogP contribution >= 0.6 is 0 Å². The predicted octanol–water partition coefficient (Wildman–Crippen LogP) is 4.04. The average molecular weight is 430 g/mol. The van der Waals surface area contributed by atoms with Crippen molar-refractivity contribution >= 4 is 21.6 Å². The number of hydrogen-bond acceptors (Lipinski definition) is 4. The minimum atomic E-state index is -4.55. The molecular weight excluding hydrogens is 409 g/mol. The van der Waals surface area contributed by atoms with Gasteiger partial charge in [0, 0.05) is 16.8 Å². The lowest BCUT2D eigenvalue weighted by Gasteiger charge is -2.21. The van der Waals surface area contributed by atoms with Gasteiger partial charge in [0.25, 0.3) is 5.91 Å². The van der Waals surface area contributed by atoms with Crippen molar-refractivity contribution in [2.45, 2.75) is 37.4 Å². The largest absolute Gasteiger partial charge is 0.495 e. The minimum absolute atomic E-state index is 0.0253. The lowest BCUT2D eigenvalue weighted by molar-refractivity contribution is -0.137. The van der Waals surface area contributed by atoms with Crippen LogP contribution in [0.1, 0.15) is 36.7 Å². The highest BCUT2D eigenvalue weighted by Crippen LogP contribution is 2.31. The Morgan fingerprint density at radius 2 is 1.69 bits per heavy atom. The van der Waals surface area contributed by atoms with Gasteiger partial charge >= 0.3 is 6.18 Å². The smallest absolute Gasteiger partial charge is 0.416 e. The number of methoxy groups -OCH3 is 1. The van der Waals surface area contributed by atoms with Crippen LogP contribution < -0.4 is 14.8 Å². The van der Waals surface area contributed by atoms with Crippen LogP contribution in [-0.4, -0.2) is 27.0 Å². The first kappa shape index (κ1) is 22.7. The molecule has 0 bridgehead atoms. The second-order valence-electron chi connectivity index (χ2n) is 7.25. The monoisotopic (exact) mass is 430 g/mol. The minimum Gasteiger partial charge on any atom is -0.495 e. The summed E-state index contributed by atoms with van der Waals surface area (Å²) >= 11 is 0. The van der Waals surface area contributed by atoms with E-state index < -0.39 is 33.2 Å². The van der Waals surface area contributed by atoms with Crippen molar-refractivity contribution in [1.82, 2.24) is 4.72 Å². The molecule has 2 rings (SSSR count). The molecular formula is C19H21F3N2O4S. The van der Waals surface area contributed by atoms with E-state index in [0.717, 1.165) is 24.3 Å². The fourth-order valence-corrected chi connectivity index (χ4v) is 4.08. The van der Waals surface area contributed by atoms with E-state index in [2.05, 4.69) is 10.0 Å². The maximum absolute atomic E-state index is 12.8. The van der Waals surface area contributed by atoms with Gasteiger partial charge in [-0.15, -0.1) is 0 Å². The van der Waals surface area contributed by atoms with Crippen LogP contribution in [-0.2, 0) is 16.2 Å². The molecule has 0 unspecified atom stereocenters. The number of amides is 1. The quantitative estimate of drug-likeness (QED) is 0.750. The summed E-state index contributed by atoms with van der Waals surface area (Å²) in [5, 5.41) is 2.34. The summed E-state index contributed by atoms with van der Waals surface area (Å²) in [6.45, 7) is 4.96. The van der Waals surface area contributed by atoms with E-state index in [1.807, 2.05) is 0 Å². The van der Waals surface area contributed by atoms with Crippen molar-refractivity contribution in [3.63, 3.8) is 0 Å². The van der Waals surface area contributed by atoms with E-state index >= 15 is 0 Å². The average Bonchev–Trinajstić information content (AvgIpc) is 2.58. The first-order valence-electron chi connectivity index (χ1n) is 8.43. The number of carbonyl (C=O) groups is 1. The van der Waals surface area contributed by atoms with Gasteiger partial charge in [0.05, 0.1) is 12.7 Å². The van der Waals surface area contributed by atoms with E-state index in [4.69, 9.17) is 4.74 Å². The van der Waals surface area contributed by atoms with Gasteiger partial charge in [0.15, 0.2) is 0 Å². The Morgan fingerprint density at radius 3 is 2.24 bits per heavy atom. The maximum atomic E-state index is 12.8. The highest BCUT2D eigenvalue weighted by Gasteiger charge is 2.31. The Balaban J connectivity index is 2.38. The molecule has 2 aromatic carbocycles. The first-order valence-corrected chi connectivity index (χ1v) is 9.92. The summed E-state index contributed by atoms with van der Waals surface area (Å²) in [6, 6.07) is 7.86. The van der Waals surface area contributed by atoms with Gasteiger partial charge in [0.1, 0.15) is 10.6 Å². The van der Waals surface area contributed by atoms with E-state index in [1.54, 1.807) is 20.8 Å². The molecule has 0 saturated carbocycles. The van der Waals surface area contributed by atoms with Crippen LogP contribution in [0.15, 0.2) is 47.4 Å². The number of hydrogen-bond donors (Lipinski definition) is 2. The van der Waals surface area contributed by atoms with E-state index in [-0.39, 0.29) is 21.9 Å². The molecule has 29 heavy (non-hydrogen) atoms. The van der Waals surface area contributed by atoms with Gasteiger partial charge in [-0.2, -0.15) is 13.2 Å². The second-order valence-corrected chi connectivity index (χ2v) is 8.90. The number of carbonyl (C=O) groups excluding carboxylic acids is 1. The zero-order chi connectivity index (χ0) is 22.0. The SMILES string of the molecule is COc1ccc(C(=O)Nc2cccc(C(F)(F)F)c2)cc1S(=O)(=O)NC(C)(C)C. The molecule has 0 aliphatic rings. The molecule has 0 fully saturated rings. The fraction of sp³-hybridized carbons (Fsp3) is 0.316. The summed E-state index contributed by atoms with van der Waals surface area (Å²) in [4.78, 5) is 12.2. The topological polar surface area (TPSA) is 84.5 Å². The number of benzene rings is 2. The third-order valence-corrected chi connectivity index (χ3v) is 5.38. The molecule has 0 aliphatic heterocycles. The molecule has 0 atom stereocenters. The zero-order valence-corrected chi connectivity index (χ0v) is 17.0. The lowest BCUT2D eigenvalue weighted by atomic mass is 10.1. The normalized spacial score (nSPS) is 12.5. The van der Waals surface area contributed by atoms with Gasteiger partial charge in [-0.1, -0.05) is 6.07 Å². The van der Waals surface area contributed by atoms with Gasteiger partial charge < -0.3 is 10.1 Å². The number of alkyl halides is 3.